The highest BCUT2D eigenvalue weighted by Crippen LogP contribution is 2.32. The van der Waals surface area contributed by atoms with E-state index in [1.807, 2.05) is 24.3 Å². The highest BCUT2D eigenvalue weighted by molar-refractivity contribution is 5.93. The Morgan fingerprint density at radius 2 is 1.73 bits per heavy atom. The van der Waals surface area contributed by atoms with Gasteiger partial charge in [0.1, 0.15) is 0 Å². The van der Waals surface area contributed by atoms with E-state index in [2.05, 4.69) is 10.2 Å². The molecular weight excluding hydrogens is 276 g/mol. The first kappa shape index (κ1) is 15.1. The van der Waals surface area contributed by atoms with E-state index in [1.54, 1.807) is 7.05 Å². The molecule has 0 aromatic heterocycles. The minimum Gasteiger partial charge on any atom is -0.355 e. The minimum absolute atomic E-state index is 0.0431. The van der Waals surface area contributed by atoms with E-state index in [0.29, 0.717) is 23.3 Å². The van der Waals surface area contributed by atoms with Crippen LogP contribution in [0, 0.1) is 11.8 Å². The third-order valence-electron chi connectivity index (χ3n) is 4.82. The Kier molecular flexibility index (Phi) is 4.46. The van der Waals surface area contributed by atoms with Crippen LogP contribution >= 0.6 is 0 Å². The summed E-state index contributed by atoms with van der Waals surface area (Å²) in [5, 5.41) is 2.64. The van der Waals surface area contributed by atoms with Crippen molar-refractivity contribution in [2.24, 2.45) is 11.8 Å². The van der Waals surface area contributed by atoms with E-state index >= 15 is 0 Å². The van der Waals surface area contributed by atoms with Crippen LogP contribution in [0.5, 0.6) is 0 Å². The number of nitrogens with one attached hydrogen (secondary N) is 1. The lowest BCUT2D eigenvalue weighted by Crippen LogP contribution is -2.39. The lowest BCUT2D eigenvalue weighted by atomic mass is 9.89. The molecule has 1 heterocycles. The van der Waals surface area contributed by atoms with E-state index in [4.69, 9.17) is 0 Å². The predicted octanol–water partition coefficient (Wildman–Crippen LogP) is 2.24. The second-order valence-corrected chi connectivity index (χ2v) is 6.52. The average molecular weight is 300 g/mol. The van der Waals surface area contributed by atoms with Crippen molar-refractivity contribution in [1.29, 1.82) is 0 Å². The standard InChI is InChI=1S/C18H24N2O2/c1-19-17(21)15-4-2-13(3-5-15)12-14-8-10-20(11-9-14)18(22)16-6-7-16/h2-5,14,16H,6-12H2,1H3,(H,19,21). The van der Waals surface area contributed by atoms with Crippen LogP contribution in [0.3, 0.4) is 0 Å². The van der Waals surface area contributed by atoms with Crippen molar-refractivity contribution in [3.8, 4) is 0 Å². The van der Waals surface area contributed by atoms with Crippen molar-refractivity contribution in [3.05, 3.63) is 35.4 Å². The Balaban J connectivity index is 1.50. The SMILES string of the molecule is CNC(=O)c1ccc(CC2CCN(C(=O)C3CC3)CC2)cc1. The highest BCUT2D eigenvalue weighted by atomic mass is 16.2. The highest BCUT2D eigenvalue weighted by Gasteiger charge is 2.34. The maximum atomic E-state index is 12.0. The fraction of sp³-hybridized carbons (Fsp3) is 0.556. The van der Waals surface area contributed by atoms with Crippen LogP contribution in [0.15, 0.2) is 24.3 Å². The van der Waals surface area contributed by atoms with Crippen molar-refractivity contribution in [2.75, 3.05) is 20.1 Å². The lowest BCUT2D eigenvalue weighted by Gasteiger charge is -2.32. The molecule has 2 fully saturated rings. The van der Waals surface area contributed by atoms with Crippen molar-refractivity contribution in [2.45, 2.75) is 32.1 Å². The zero-order chi connectivity index (χ0) is 15.5. The maximum Gasteiger partial charge on any atom is 0.251 e. The summed E-state index contributed by atoms with van der Waals surface area (Å²) in [4.78, 5) is 25.6. The van der Waals surface area contributed by atoms with Crippen LogP contribution in [-0.2, 0) is 11.2 Å². The normalized spacial score (nSPS) is 19.0. The first-order chi connectivity index (χ1) is 10.7. The number of carbonyl (C=O) groups is 2. The van der Waals surface area contributed by atoms with Gasteiger partial charge in [-0.1, -0.05) is 12.1 Å². The second kappa shape index (κ2) is 6.51. The van der Waals surface area contributed by atoms with Crippen LogP contribution in [0.2, 0.25) is 0 Å². The van der Waals surface area contributed by atoms with Gasteiger partial charge in [0.2, 0.25) is 5.91 Å². The second-order valence-electron chi connectivity index (χ2n) is 6.52. The average Bonchev–Trinajstić information content (AvgIpc) is 3.40. The third kappa shape index (κ3) is 3.49. The molecule has 1 aromatic rings. The molecule has 0 spiro atoms. The van der Waals surface area contributed by atoms with Crippen molar-refractivity contribution in [3.63, 3.8) is 0 Å². The van der Waals surface area contributed by atoms with E-state index in [9.17, 15) is 9.59 Å². The van der Waals surface area contributed by atoms with Gasteiger partial charge in [0.25, 0.3) is 5.91 Å². The Morgan fingerprint density at radius 3 is 2.27 bits per heavy atom. The molecule has 1 saturated heterocycles. The summed E-state index contributed by atoms with van der Waals surface area (Å²) in [5.41, 5.74) is 1.98. The number of amides is 2. The lowest BCUT2D eigenvalue weighted by molar-refractivity contribution is -0.133. The van der Waals surface area contributed by atoms with Crippen molar-refractivity contribution in [1.82, 2.24) is 10.2 Å². The third-order valence-corrected chi connectivity index (χ3v) is 4.82. The van der Waals surface area contributed by atoms with Gasteiger partial charge in [-0.05, 0) is 55.7 Å². The Morgan fingerprint density at radius 1 is 1.09 bits per heavy atom. The van der Waals surface area contributed by atoms with E-state index < -0.39 is 0 Å². The Hall–Kier alpha value is -1.84. The van der Waals surface area contributed by atoms with Gasteiger partial charge >= 0.3 is 0 Å². The molecule has 1 aliphatic carbocycles. The van der Waals surface area contributed by atoms with Crippen LogP contribution in [0.4, 0.5) is 0 Å². The molecule has 1 aliphatic heterocycles. The van der Waals surface area contributed by atoms with E-state index in [0.717, 1.165) is 45.2 Å². The molecule has 1 N–H and O–H groups in total. The van der Waals surface area contributed by atoms with Gasteiger partial charge in [-0.3, -0.25) is 9.59 Å². The number of hydrogen-bond donors (Lipinski definition) is 1. The predicted molar refractivity (Wildman–Crippen MR) is 85.6 cm³/mol. The molecule has 22 heavy (non-hydrogen) atoms. The number of benzene rings is 1. The molecular formula is C18H24N2O2. The number of rotatable bonds is 4. The Bertz CT molecular complexity index is 541. The summed E-state index contributed by atoms with van der Waals surface area (Å²) >= 11 is 0. The molecule has 0 bridgehead atoms. The Labute approximate surface area is 131 Å². The number of likely N-dealkylation sites (tertiary alicyclic amines) is 1. The summed E-state index contributed by atoms with van der Waals surface area (Å²) in [6, 6.07) is 7.87. The number of nitrogens with zero attached hydrogens (tertiary/aromatic N) is 1. The summed E-state index contributed by atoms with van der Waals surface area (Å²) in [6.45, 7) is 1.83. The number of carbonyl (C=O) groups excluding carboxylic acids is 2. The van der Waals surface area contributed by atoms with Crippen molar-refractivity contribution < 1.29 is 9.59 Å². The molecule has 2 amide bonds. The van der Waals surface area contributed by atoms with Gasteiger partial charge in [-0.15, -0.1) is 0 Å². The van der Waals surface area contributed by atoms with Gasteiger partial charge < -0.3 is 10.2 Å². The van der Waals surface area contributed by atoms with E-state index in [-0.39, 0.29) is 5.91 Å². The largest absolute Gasteiger partial charge is 0.355 e. The molecule has 0 atom stereocenters. The van der Waals surface area contributed by atoms with Crippen LogP contribution in [-0.4, -0.2) is 36.9 Å². The molecule has 0 radical (unpaired) electrons. The molecule has 2 aliphatic rings. The summed E-state index contributed by atoms with van der Waals surface area (Å²) < 4.78 is 0. The number of hydrogen-bond acceptors (Lipinski definition) is 2. The maximum absolute atomic E-state index is 12.0. The zero-order valence-electron chi connectivity index (χ0n) is 13.2. The summed E-state index contributed by atoms with van der Waals surface area (Å²) in [6.07, 6.45) is 5.41. The monoisotopic (exact) mass is 300 g/mol. The molecule has 4 nitrogen and oxygen atoms in total. The van der Waals surface area contributed by atoms with Gasteiger partial charge in [0.15, 0.2) is 0 Å². The van der Waals surface area contributed by atoms with Crippen LogP contribution in [0.25, 0.3) is 0 Å². The molecule has 4 heteroatoms. The number of piperidine rings is 1. The first-order valence-corrected chi connectivity index (χ1v) is 8.27. The molecule has 1 saturated carbocycles. The van der Waals surface area contributed by atoms with Crippen LogP contribution in [0.1, 0.15) is 41.6 Å². The van der Waals surface area contributed by atoms with Gasteiger partial charge in [-0.25, -0.2) is 0 Å². The molecule has 1 aromatic carbocycles. The topological polar surface area (TPSA) is 49.4 Å². The smallest absolute Gasteiger partial charge is 0.251 e. The summed E-state index contributed by atoms with van der Waals surface area (Å²) in [7, 11) is 1.65. The first-order valence-electron chi connectivity index (χ1n) is 8.27. The fourth-order valence-corrected chi connectivity index (χ4v) is 3.22. The van der Waals surface area contributed by atoms with Gasteiger partial charge in [0.05, 0.1) is 0 Å². The van der Waals surface area contributed by atoms with Crippen LogP contribution < -0.4 is 5.32 Å². The zero-order valence-corrected chi connectivity index (χ0v) is 13.2. The molecule has 0 unspecified atom stereocenters. The summed E-state index contributed by atoms with van der Waals surface area (Å²) in [5.74, 6) is 1.33. The quantitative estimate of drug-likeness (QED) is 0.927. The fourth-order valence-electron chi connectivity index (χ4n) is 3.22. The van der Waals surface area contributed by atoms with E-state index in [1.165, 1.54) is 5.56 Å². The molecule has 118 valence electrons. The van der Waals surface area contributed by atoms with Gasteiger partial charge in [0, 0.05) is 31.6 Å². The van der Waals surface area contributed by atoms with Crippen molar-refractivity contribution >= 4 is 11.8 Å². The molecule has 3 rings (SSSR count). The van der Waals surface area contributed by atoms with Gasteiger partial charge in [-0.2, -0.15) is 0 Å². The minimum atomic E-state index is -0.0431.